The molecule has 1 N–H and O–H groups in total. The fourth-order valence-corrected chi connectivity index (χ4v) is 5.13. The molecule has 0 radical (unpaired) electrons. The number of benzene rings is 4. The van der Waals surface area contributed by atoms with Crippen molar-refractivity contribution in [2.75, 3.05) is 23.1 Å². The molecule has 1 aliphatic rings. The molecule has 0 spiro atoms. The van der Waals surface area contributed by atoms with Crippen LogP contribution in [-0.2, 0) is 9.59 Å². The van der Waals surface area contributed by atoms with E-state index in [-0.39, 0.29) is 17.6 Å². The van der Waals surface area contributed by atoms with Gasteiger partial charge in [0.1, 0.15) is 22.9 Å². The number of carbonyl (C=O) groups excluding carboxylic acids is 2. The Balaban J connectivity index is 1.30. The summed E-state index contributed by atoms with van der Waals surface area (Å²) in [7, 11) is 1.61. The van der Waals surface area contributed by atoms with Crippen molar-refractivity contribution in [3.63, 3.8) is 0 Å². The van der Waals surface area contributed by atoms with Gasteiger partial charge in [-0.3, -0.25) is 14.5 Å². The van der Waals surface area contributed by atoms with Crippen LogP contribution in [0.15, 0.2) is 108 Å². The molecule has 41 heavy (non-hydrogen) atoms. The lowest BCUT2D eigenvalue weighted by Gasteiger charge is -2.19. The zero-order valence-electron chi connectivity index (χ0n) is 23.0. The minimum atomic E-state index is -0.247. The summed E-state index contributed by atoms with van der Waals surface area (Å²) in [6.45, 7) is 3.97. The monoisotopic (exact) mass is 563 g/mol. The molecule has 0 fully saturated rings. The van der Waals surface area contributed by atoms with Crippen LogP contribution in [0.2, 0.25) is 0 Å². The van der Waals surface area contributed by atoms with Crippen LogP contribution in [0.4, 0.5) is 11.4 Å². The van der Waals surface area contributed by atoms with Gasteiger partial charge in [0.2, 0.25) is 5.91 Å². The molecule has 5 rings (SSSR count). The fourth-order valence-electron chi connectivity index (χ4n) is 4.32. The van der Waals surface area contributed by atoms with Crippen LogP contribution in [0.5, 0.6) is 17.2 Å². The molecule has 0 saturated carbocycles. The number of anilines is 2. The number of nitrogens with one attached hydrogen (secondary N) is 1. The number of amidine groups is 1. The van der Waals surface area contributed by atoms with E-state index in [4.69, 9.17) is 9.47 Å². The number of thioether (sulfide) groups is 1. The average molecular weight is 564 g/mol. The third kappa shape index (κ3) is 7.04. The molecule has 1 heterocycles. The predicted molar refractivity (Wildman–Crippen MR) is 166 cm³/mol. The zero-order valence-corrected chi connectivity index (χ0v) is 23.8. The highest BCUT2D eigenvalue weighted by molar-refractivity contribution is 8.14. The first-order valence-corrected chi connectivity index (χ1v) is 14.0. The predicted octanol–water partition coefficient (Wildman–Crippen LogP) is 7.22. The summed E-state index contributed by atoms with van der Waals surface area (Å²) >= 11 is 1.21. The van der Waals surface area contributed by atoms with Crippen molar-refractivity contribution in [3.8, 4) is 17.2 Å². The highest BCUT2D eigenvalue weighted by Crippen LogP contribution is 2.31. The van der Waals surface area contributed by atoms with Gasteiger partial charge < -0.3 is 14.8 Å². The zero-order chi connectivity index (χ0) is 28.8. The second-order valence-corrected chi connectivity index (χ2v) is 10.4. The van der Waals surface area contributed by atoms with Crippen molar-refractivity contribution in [2.24, 2.45) is 4.99 Å². The molecule has 0 bridgehead atoms. The number of hydrogen-bond acceptors (Lipinski definition) is 6. The first-order valence-electron chi connectivity index (χ1n) is 13.0. The standard InChI is InChI=1S/C33H29N3O4S/c1-22-17-23(2)19-26(18-22)36-32(38)30(20-24-9-13-27(39-3)14-10-24)35-33(36)41-21-31(37)34-25-11-15-29(16-12-25)40-28-7-5-4-6-8-28/h4-20H,21H2,1-3H3,(H,34,37)/b30-20-. The Morgan fingerprint density at radius 2 is 1.51 bits per heavy atom. The van der Waals surface area contributed by atoms with Gasteiger partial charge in [0.05, 0.1) is 18.6 Å². The quantitative estimate of drug-likeness (QED) is 0.229. The number of rotatable bonds is 8. The van der Waals surface area contributed by atoms with E-state index in [0.717, 1.165) is 28.2 Å². The number of nitrogens with zero attached hydrogens (tertiary/aromatic N) is 2. The highest BCUT2D eigenvalue weighted by atomic mass is 32.2. The molecule has 8 heteroatoms. The van der Waals surface area contributed by atoms with E-state index in [1.807, 2.05) is 86.6 Å². The Morgan fingerprint density at radius 3 is 2.17 bits per heavy atom. The summed E-state index contributed by atoms with van der Waals surface area (Å²) in [5, 5.41) is 3.35. The van der Waals surface area contributed by atoms with Gasteiger partial charge in [0, 0.05) is 5.69 Å². The number of hydrogen-bond donors (Lipinski definition) is 1. The third-order valence-corrected chi connectivity index (χ3v) is 7.10. The van der Waals surface area contributed by atoms with Crippen molar-refractivity contribution in [2.45, 2.75) is 13.8 Å². The molecule has 0 saturated heterocycles. The number of aliphatic imine (C=N–C) groups is 1. The molecule has 206 valence electrons. The fraction of sp³-hybridized carbons (Fsp3) is 0.121. The molecule has 0 unspecified atom stereocenters. The van der Waals surface area contributed by atoms with E-state index < -0.39 is 0 Å². The number of ether oxygens (including phenoxy) is 2. The van der Waals surface area contributed by atoms with Gasteiger partial charge in [-0.1, -0.05) is 48.2 Å². The minimum absolute atomic E-state index is 0.0749. The van der Waals surface area contributed by atoms with E-state index >= 15 is 0 Å². The molecule has 1 aliphatic heterocycles. The van der Waals surface area contributed by atoms with Gasteiger partial charge in [-0.15, -0.1) is 0 Å². The van der Waals surface area contributed by atoms with Crippen LogP contribution < -0.4 is 19.7 Å². The summed E-state index contributed by atoms with van der Waals surface area (Å²) in [4.78, 5) is 32.6. The normalized spacial score (nSPS) is 13.7. The van der Waals surface area contributed by atoms with Crippen LogP contribution in [0.25, 0.3) is 6.08 Å². The molecule has 0 aliphatic carbocycles. The Labute approximate surface area is 243 Å². The number of carbonyl (C=O) groups is 2. The Hall–Kier alpha value is -4.82. The van der Waals surface area contributed by atoms with Crippen molar-refractivity contribution < 1.29 is 19.1 Å². The largest absolute Gasteiger partial charge is 0.497 e. The van der Waals surface area contributed by atoms with Gasteiger partial charge in [0.15, 0.2) is 5.17 Å². The lowest BCUT2D eigenvalue weighted by Crippen LogP contribution is -2.31. The van der Waals surface area contributed by atoms with Gasteiger partial charge in [0.25, 0.3) is 5.91 Å². The molecule has 0 aromatic heterocycles. The molecule has 0 atom stereocenters. The van der Waals surface area contributed by atoms with Crippen LogP contribution >= 0.6 is 11.8 Å². The van der Waals surface area contributed by atoms with E-state index in [2.05, 4.69) is 10.3 Å². The lowest BCUT2D eigenvalue weighted by atomic mass is 10.1. The molecule has 7 nitrogen and oxygen atoms in total. The first kappa shape index (κ1) is 27.7. The molecule has 2 amide bonds. The maximum absolute atomic E-state index is 13.6. The molecular formula is C33H29N3O4S. The molecule has 4 aromatic carbocycles. The smallest absolute Gasteiger partial charge is 0.283 e. The summed E-state index contributed by atoms with van der Waals surface area (Å²) in [6, 6.07) is 30.0. The summed E-state index contributed by atoms with van der Waals surface area (Å²) in [5.41, 5.74) is 4.54. The van der Waals surface area contributed by atoms with Gasteiger partial charge in [-0.25, -0.2) is 4.99 Å². The molecule has 4 aromatic rings. The minimum Gasteiger partial charge on any atom is -0.497 e. The number of aryl methyl sites for hydroxylation is 2. The van der Waals surface area contributed by atoms with Gasteiger partial charge >= 0.3 is 0 Å². The van der Waals surface area contributed by atoms with Crippen molar-refractivity contribution in [1.29, 1.82) is 0 Å². The van der Waals surface area contributed by atoms with E-state index in [1.54, 1.807) is 42.4 Å². The van der Waals surface area contributed by atoms with Gasteiger partial charge in [-0.05, 0) is 97.3 Å². The van der Waals surface area contributed by atoms with Gasteiger partial charge in [-0.2, -0.15) is 0 Å². The Morgan fingerprint density at radius 1 is 0.878 bits per heavy atom. The Kier molecular flexibility index (Phi) is 8.50. The summed E-state index contributed by atoms with van der Waals surface area (Å²) in [5.74, 6) is 1.75. The number of para-hydroxylation sites is 1. The van der Waals surface area contributed by atoms with Crippen LogP contribution in [0.1, 0.15) is 16.7 Å². The van der Waals surface area contributed by atoms with E-state index in [9.17, 15) is 9.59 Å². The second kappa shape index (κ2) is 12.6. The Bertz CT molecular complexity index is 1590. The van der Waals surface area contributed by atoms with Crippen LogP contribution in [-0.4, -0.2) is 29.8 Å². The molecular weight excluding hydrogens is 534 g/mol. The first-order chi connectivity index (χ1) is 19.9. The average Bonchev–Trinajstić information content (AvgIpc) is 3.28. The van der Waals surface area contributed by atoms with Crippen LogP contribution in [0.3, 0.4) is 0 Å². The topological polar surface area (TPSA) is 80.2 Å². The summed E-state index contributed by atoms with van der Waals surface area (Å²) in [6.07, 6.45) is 1.74. The SMILES string of the molecule is COc1ccc(/C=C2\N=C(SCC(=O)Nc3ccc(Oc4ccccc4)cc3)N(c3cc(C)cc(C)c3)C2=O)cc1. The van der Waals surface area contributed by atoms with Crippen molar-refractivity contribution >= 4 is 46.2 Å². The number of amides is 2. The maximum atomic E-state index is 13.6. The van der Waals surface area contributed by atoms with E-state index in [0.29, 0.717) is 28.0 Å². The van der Waals surface area contributed by atoms with Crippen molar-refractivity contribution in [3.05, 3.63) is 119 Å². The number of methoxy groups -OCH3 is 1. The maximum Gasteiger partial charge on any atom is 0.283 e. The second-order valence-electron chi connectivity index (χ2n) is 9.46. The van der Waals surface area contributed by atoms with E-state index in [1.165, 1.54) is 11.8 Å². The lowest BCUT2D eigenvalue weighted by molar-refractivity contribution is -0.114. The summed E-state index contributed by atoms with van der Waals surface area (Å²) < 4.78 is 11.0. The highest BCUT2D eigenvalue weighted by Gasteiger charge is 2.32. The third-order valence-electron chi connectivity index (χ3n) is 6.16. The van der Waals surface area contributed by atoms with Crippen LogP contribution in [0, 0.1) is 13.8 Å². The van der Waals surface area contributed by atoms with Crippen molar-refractivity contribution in [1.82, 2.24) is 0 Å².